The molecule has 1 aromatic carbocycles. The minimum absolute atomic E-state index is 0.166. The van der Waals surface area contributed by atoms with Crippen LogP contribution >= 0.6 is 11.6 Å². The maximum Gasteiger partial charge on any atom is 0.268 e. The van der Waals surface area contributed by atoms with Gasteiger partial charge in [-0.1, -0.05) is 11.6 Å². The summed E-state index contributed by atoms with van der Waals surface area (Å²) in [5.74, 6) is -0.166. The zero-order valence-corrected chi connectivity index (χ0v) is 6.77. The molecule has 1 aromatic rings. The molecule has 2 rings (SSSR count). The molecule has 0 aliphatic carbocycles. The molecule has 0 atom stereocenters. The molecule has 62 valence electrons. The molecule has 4 nitrogen and oxygen atoms in total. The van der Waals surface area contributed by atoms with Gasteiger partial charge in [0, 0.05) is 5.02 Å². The highest BCUT2D eigenvalue weighted by Gasteiger charge is 2.15. The van der Waals surface area contributed by atoms with Crippen LogP contribution < -0.4 is 16.4 Å². The third-order valence-corrected chi connectivity index (χ3v) is 1.83. The van der Waals surface area contributed by atoms with E-state index in [1.807, 2.05) is 0 Å². The monoisotopic (exact) mass is 183 g/mol. The van der Waals surface area contributed by atoms with Crippen molar-refractivity contribution in [3.8, 4) is 0 Å². The molecule has 0 saturated carbocycles. The van der Waals surface area contributed by atoms with E-state index in [-0.39, 0.29) is 5.91 Å². The highest BCUT2D eigenvalue weighted by Crippen LogP contribution is 2.21. The Labute approximate surface area is 73.8 Å². The second-order valence-electron chi connectivity index (χ2n) is 2.39. The number of carbonyl (C=O) groups excluding carboxylic acids is 1. The van der Waals surface area contributed by atoms with Gasteiger partial charge in [-0.15, -0.1) is 5.53 Å². The Bertz CT molecular complexity index is 339. The maximum absolute atomic E-state index is 11.1. The van der Waals surface area contributed by atoms with Crippen molar-refractivity contribution in [1.82, 2.24) is 11.0 Å². The summed E-state index contributed by atoms with van der Waals surface area (Å²) in [6.07, 6.45) is 0. The van der Waals surface area contributed by atoms with E-state index in [4.69, 9.17) is 11.6 Å². The predicted octanol–water partition coefficient (Wildman–Crippen LogP) is 0.915. The second kappa shape index (κ2) is 2.66. The number of nitrogens with one attached hydrogen (secondary N) is 3. The zero-order valence-electron chi connectivity index (χ0n) is 6.02. The van der Waals surface area contributed by atoms with Gasteiger partial charge in [0.15, 0.2) is 0 Å². The van der Waals surface area contributed by atoms with Crippen molar-refractivity contribution in [3.05, 3.63) is 28.8 Å². The minimum atomic E-state index is -0.166. The fourth-order valence-electron chi connectivity index (χ4n) is 1.04. The summed E-state index contributed by atoms with van der Waals surface area (Å²) < 4.78 is 0. The van der Waals surface area contributed by atoms with Gasteiger partial charge in [-0.05, 0) is 18.2 Å². The molecule has 0 saturated heterocycles. The predicted molar refractivity (Wildman–Crippen MR) is 45.7 cm³/mol. The first-order valence-electron chi connectivity index (χ1n) is 3.38. The van der Waals surface area contributed by atoms with Gasteiger partial charge in [-0.3, -0.25) is 10.2 Å². The largest absolute Gasteiger partial charge is 0.303 e. The fraction of sp³-hybridized carbons (Fsp3) is 0. The van der Waals surface area contributed by atoms with E-state index < -0.39 is 0 Å². The van der Waals surface area contributed by atoms with Crippen LogP contribution in [0, 0.1) is 0 Å². The van der Waals surface area contributed by atoms with Crippen molar-refractivity contribution >= 4 is 23.2 Å². The minimum Gasteiger partial charge on any atom is -0.303 e. The van der Waals surface area contributed by atoms with Crippen LogP contribution in [0.15, 0.2) is 18.2 Å². The smallest absolute Gasteiger partial charge is 0.268 e. The summed E-state index contributed by atoms with van der Waals surface area (Å²) in [6, 6.07) is 5.02. The molecule has 1 heterocycles. The Kier molecular flexibility index (Phi) is 1.64. The molecule has 1 amide bonds. The fourth-order valence-corrected chi connectivity index (χ4v) is 1.21. The van der Waals surface area contributed by atoms with Crippen molar-refractivity contribution in [2.24, 2.45) is 0 Å². The molecule has 0 spiro atoms. The molecule has 0 radical (unpaired) electrons. The summed E-state index contributed by atoms with van der Waals surface area (Å²) in [5, 5.41) is 0.595. The normalized spacial score (nSPS) is 14.6. The molecule has 1 aliphatic heterocycles. The van der Waals surface area contributed by atoms with Crippen LogP contribution in [0.4, 0.5) is 5.69 Å². The van der Waals surface area contributed by atoms with E-state index in [1.165, 1.54) is 0 Å². The maximum atomic E-state index is 11.1. The number of hydrogen-bond donors (Lipinski definition) is 3. The van der Waals surface area contributed by atoms with Crippen LogP contribution in [0.2, 0.25) is 5.02 Å². The molecule has 0 fully saturated rings. The molecule has 3 N–H and O–H groups in total. The number of fused-ring (bicyclic) bond motifs is 1. The molecule has 0 bridgehead atoms. The van der Waals surface area contributed by atoms with Crippen LogP contribution in [-0.4, -0.2) is 5.91 Å². The van der Waals surface area contributed by atoms with Gasteiger partial charge in [0.2, 0.25) is 0 Å². The molecular formula is C7H6ClN3O. The average Bonchev–Trinajstić information content (AvgIpc) is 2.04. The Morgan fingerprint density at radius 1 is 1.25 bits per heavy atom. The lowest BCUT2D eigenvalue weighted by Crippen LogP contribution is -2.45. The third kappa shape index (κ3) is 1.11. The first-order chi connectivity index (χ1) is 5.77. The van der Waals surface area contributed by atoms with Gasteiger partial charge >= 0.3 is 0 Å². The van der Waals surface area contributed by atoms with Gasteiger partial charge in [-0.25, -0.2) is 0 Å². The SMILES string of the molecule is O=C1NNNc2cc(Cl)ccc21. The summed E-state index contributed by atoms with van der Waals surface area (Å²) in [4.78, 5) is 11.1. The zero-order chi connectivity index (χ0) is 8.55. The Hall–Kier alpha value is -1.26. The lowest BCUT2D eigenvalue weighted by atomic mass is 10.1. The number of amides is 1. The Balaban J connectivity index is 2.53. The van der Waals surface area contributed by atoms with Crippen molar-refractivity contribution in [2.45, 2.75) is 0 Å². The first kappa shape index (κ1) is 7.39. The summed E-state index contributed by atoms with van der Waals surface area (Å²) in [5.41, 5.74) is 8.96. The molecule has 0 aromatic heterocycles. The lowest BCUT2D eigenvalue weighted by molar-refractivity contribution is 0.0931. The van der Waals surface area contributed by atoms with E-state index >= 15 is 0 Å². The van der Waals surface area contributed by atoms with Crippen LogP contribution in [0.3, 0.4) is 0 Å². The van der Waals surface area contributed by atoms with E-state index in [2.05, 4.69) is 16.4 Å². The molecule has 1 aliphatic rings. The second-order valence-corrected chi connectivity index (χ2v) is 2.83. The molecule has 0 unspecified atom stereocenters. The quantitative estimate of drug-likeness (QED) is 0.561. The van der Waals surface area contributed by atoms with Crippen LogP contribution in [0.5, 0.6) is 0 Å². The standard InChI is InChI=1S/C7H6ClN3O/c8-4-1-2-5-6(3-4)9-11-10-7(5)12/h1-3,9,11H,(H,10,12). The van der Waals surface area contributed by atoms with Gasteiger partial charge in [0.05, 0.1) is 11.3 Å². The van der Waals surface area contributed by atoms with Crippen molar-refractivity contribution in [1.29, 1.82) is 0 Å². The summed E-state index contributed by atoms with van der Waals surface area (Å²) >= 11 is 5.72. The summed E-state index contributed by atoms with van der Waals surface area (Å²) in [7, 11) is 0. The number of rotatable bonds is 0. The van der Waals surface area contributed by atoms with Crippen molar-refractivity contribution in [3.63, 3.8) is 0 Å². The first-order valence-corrected chi connectivity index (χ1v) is 3.76. The van der Waals surface area contributed by atoms with E-state index in [1.54, 1.807) is 18.2 Å². The van der Waals surface area contributed by atoms with Crippen LogP contribution in [0.25, 0.3) is 0 Å². The van der Waals surface area contributed by atoms with E-state index in [0.717, 1.165) is 0 Å². The van der Waals surface area contributed by atoms with Gasteiger partial charge < -0.3 is 5.43 Å². The van der Waals surface area contributed by atoms with E-state index in [9.17, 15) is 4.79 Å². The summed E-state index contributed by atoms with van der Waals surface area (Å²) in [6.45, 7) is 0. The van der Waals surface area contributed by atoms with Crippen molar-refractivity contribution in [2.75, 3.05) is 5.43 Å². The van der Waals surface area contributed by atoms with Gasteiger partial charge in [-0.2, -0.15) is 0 Å². The number of carbonyl (C=O) groups is 1. The van der Waals surface area contributed by atoms with E-state index in [0.29, 0.717) is 16.3 Å². The Morgan fingerprint density at radius 3 is 2.92 bits per heavy atom. The average molecular weight is 184 g/mol. The highest BCUT2D eigenvalue weighted by atomic mass is 35.5. The third-order valence-electron chi connectivity index (χ3n) is 1.60. The lowest BCUT2D eigenvalue weighted by Gasteiger charge is -2.18. The van der Waals surface area contributed by atoms with Crippen LogP contribution in [0.1, 0.15) is 10.4 Å². The number of hydrazine groups is 2. The number of halogens is 1. The van der Waals surface area contributed by atoms with Gasteiger partial charge in [0.1, 0.15) is 0 Å². The van der Waals surface area contributed by atoms with Crippen molar-refractivity contribution < 1.29 is 4.79 Å². The number of hydrogen-bond acceptors (Lipinski definition) is 3. The number of anilines is 1. The number of benzene rings is 1. The topological polar surface area (TPSA) is 53.2 Å². The Morgan fingerprint density at radius 2 is 2.08 bits per heavy atom. The molecule has 12 heavy (non-hydrogen) atoms. The molecule has 5 heteroatoms. The highest BCUT2D eigenvalue weighted by molar-refractivity contribution is 6.31. The van der Waals surface area contributed by atoms with Gasteiger partial charge in [0.25, 0.3) is 5.91 Å². The molecular weight excluding hydrogens is 178 g/mol. The van der Waals surface area contributed by atoms with Crippen LogP contribution in [-0.2, 0) is 0 Å².